The summed E-state index contributed by atoms with van der Waals surface area (Å²) in [7, 11) is 0. The van der Waals surface area contributed by atoms with Crippen LogP contribution in [0.2, 0.25) is 0 Å². The molecule has 142 valence electrons. The lowest BCUT2D eigenvalue weighted by Gasteiger charge is -2.31. The highest BCUT2D eigenvalue weighted by Crippen LogP contribution is 2.28. The van der Waals surface area contributed by atoms with Crippen LogP contribution in [0.4, 0.5) is 0 Å². The standard InChI is InChI=1S/C22H23N5S/c1-16-5-2-7-19(23-16)15-26-11-3-6-18(13-26)22-24-21-10-9-17(14-27(21)25-22)20-8-4-12-28-20/h2,4-5,7-10,12,14,18H,3,6,11,13,15H2,1H3/t18-/m0/s1. The fourth-order valence-corrected chi connectivity index (χ4v) is 4.71. The minimum atomic E-state index is 0.378. The van der Waals surface area contributed by atoms with Crippen molar-refractivity contribution in [2.45, 2.75) is 32.2 Å². The summed E-state index contributed by atoms with van der Waals surface area (Å²) in [6, 6.07) is 14.7. The summed E-state index contributed by atoms with van der Waals surface area (Å²) in [4.78, 5) is 13.2. The Morgan fingerprint density at radius 3 is 2.93 bits per heavy atom. The Hall–Kier alpha value is -2.57. The van der Waals surface area contributed by atoms with Gasteiger partial charge < -0.3 is 0 Å². The molecule has 4 aromatic heterocycles. The summed E-state index contributed by atoms with van der Waals surface area (Å²) >= 11 is 1.75. The van der Waals surface area contributed by atoms with Gasteiger partial charge in [-0.25, -0.2) is 9.50 Å². The van der Waals surface area contributed by atoms with Gasteiger partial charge in [0.1, 0.15) is 0 Å². The number of thiophene rings is 1. The molecular weight excluding hydrogens is 366 g/mol. The topological polar surface area (TPSA) is 46.3 Å². The molecule has 1 saturated heterocycles. The highest BCUT2D eigenvalue weighted by Gasteiger charge is 2.25. The third-order valence-electron chi connectivity index (χ3n) is 5.36. The quantitative estimate of drug-likeness (QED) is 0.514. The summed E-state index contributed by atoms with van der Waals surface area (Å²) in [6.45, 7) is 5.05. The van der Waals surface area contributed by atoms with E-state index in [-0.39, 0.29) is 0 Å². The second-order valence-electron chi connectivity index (χ2n) is 7.51. The van der Waals surface area contributed by atoms with Crippen molar-refractivity contribution in [3.05, 3.63) is 71.3 Å². The van der Waals surface area contributed by atoms with E-state index in [1.54, 1.807) is 11.3 Å². The summed E-state index contributed by atoms with van der Waals surface area (Å²) in [5.74, 6) is 1.34. The number of hydrogen-bond acceptors (Lipinski definition) is 5. The largest absolute Gasteiger partial charge is 0.297 e. The van der Waals surface area contributed by atoms with Crippen molar-refractivity contribution in [1.82, 2.24) is 24.5 Å². The van der Waals surface area contributed by atoms with Crippen LogP contribution in [0.3, 0.4) is 0 Å². The zero-order valence-corrected chi connectivity index (χ0v) is 16.8. The van der Waals surface area contributed by atoms with E-state index < -0.39 is 0 Å². The number of likely N-dealkylation sites (tertiary alicyclic amines) is 1. The first-order valence-electron chi connectivity index (χ1n) is 9.80. The van der Waals surface area contributed by atoms with Gasteiger partial charge in [0, 0.05) is 41.3 Å². The van der Waals surface area contributed by atoms with Gasteiger partial charge in [-0.15, -0.1) is 11.3 Å². The average Bonchev–Trinajstić information content (AvgIpc) is 3.37. The highest BCUT2D eigenvalue weighted by atomic mass is 32.1. The highest BCUT2D eigenvalue weighted by molar-refractivity contribution is 7.13. The van der Waals surface area contributed by atoms with Crippen LogP contribution in [0.15, 0.2) is 54.0 Å². The van der Waals surface area contributed by atoms with E-state index in [0.29, 0.717) is 5.92 Å². The molecule has 5 nitrogen and oxygen atoms in total. The lowest BCUT2D eigenvalue weighted by molar-refractivity contribution is 0.194. The fourth-order valence-electron chi connectivity index (χ4n) is 3.99. The predicted molar refractivity (Wildman–Crippen MR) is 113 cm³/mol. The fraction of sp³-hybridized carbons (Fsp3) is 0.318. The third kappa shape index (κ3) is 3.57. The molecule has 0 unspecified atom stereocenters. The van der Waals surface area contributed by atoms with Crippen LogP contribution in [0.1, 0.15) is 36.0 Å². The molecule has 0 saturated carbocycles. The molecule has 0 spiro atoms. The van der Waals surface area contributed by atoms with Crippen LogP contribution >= 0.6 is 11.3 Å². The van der Waals surface area contributed by atoms with Crippen LogP contribution in [-0.4, -0.2) is 37.6 Å². The molecule has 4 aromatic rings. The van der Waals surface area contributed by atoms with Gasteiger partial charge in [0.05, 0.1) is 5.69 Å². The first-order chi connectivity index (χ1) is 13.7. The van der Waals surface area contributed by atoms with Crippen molar-refractivity contribution in [2.75, 3.05) is 13.1 Å². The second kappa shape index (κ2) is 7.45. The van der Waals surface area contributed by atoms with Crippen LogP contribution in [0, 0.1) is 6.92 Å². The van der Waals surface area contributed by atoms with Crippen molar-refractivity contribution < 1.29 is 0 Å². The zero-order valence-electron chi connectivity index (χ0n) is 16.0. The van der Waals surface area contributed by atoms with Crippen molar-refractivity contribution in [3.8, 4) is 10.4 Å². The number of pyridine rings is 2. The Balaban J connectivity index is 1.35. The number of aromatic nitrogens is 4. The summed E-state index contributed by atoms with van der Waals surface area (Å²) in [6.07, 6.45) is 4.41. The molecule has 0 aliphatic carbocycles. The number of aryl methyl sites for hydroxylation is 1. The Morgan fingerprint density at radius 2 is 2.07 bits per heavy atom. The molecular formula is C22H23N5S. The van der Waals surface area contributed by atoms with Gasteiger partial charge in [0.25, 0.3) is 0 Å². The molecule has 0 amide bonds. The monoisotopic (exact) mass is 389 g/mol. The molecule has 28 heavy (non-hydrogen) atoms. The van der Waals surface area contributed by atoms with Gasteiger partial charge in [0.2, 0.25) is 0 Å². The zero-order chi connectivity index (χ0) is 18.9. The normalized spacial score (nSPS) is 18.0. The molecule has 1 fully saturated rings. The molecule has 0 radical (unpaired) electrons. The Kier molecular flexibility index (Phi) is 4.66. The Labute approximate surface area is 168 Å². The van der Waals surface area contributed by atoms with Gasteiger partial charge in [0.15, 0.2) is 11.5 Å². The molecule has 1 aliphatic heterocycles. The van der Waals surface area contributed by atoms with Crippen LogP contribution in [0.25, 0.3) is 16.1 Å². The van der Waals surface area contributed by atoms with E-state index in [4.69, 9.17) is 10.1 Å². The first kappa shape index (κ1) is 17.5. The lowest BCUT2D eigenvalue weighted by Crippen LogP contribution is -2.34. The number of hydrogen-bond donors (Lipinski definition) is 0. The maximum absolute atomic E-state index is 4.83. The molecule has 5 heterocycles. The van der Waals surface area contributed by atoms with E-state index in [2.05, 4.69) is 57.9 Å². The van der Waals surface area contributed by atoms with E-state index in [9.17, 15) is 0 Å². The van der Waals surface area contributed by atoms with E-state index in [1.807, 2.05) is 17.5 Å². The van der Waals surface area contributed by atoms with Gasteiger partial charge in [-0.05, 0) is 62.0 Å². The first-order valence-corrected chi connectivity index (χ1v) is 10.7. The Bertz CT molecular complexity index is 1090. The van der Waals surface area contributed by atoms with Crippen molar-refractivity contribution in [2.24, 2.45) is 0 Å². The van der Waals surface area contributed by atoms with E-state index in [0.717, 1.165) is 48.9 Å². The molecule has 6 heteroatoms. The maximum Gasteiger partial charge on any atom is 0.156 e. The molecule has 0 bridgehead atoms. The minimum Gasteiger partial charge on any atom is -0.297 e. The van der Waals surface area contributed by atoms with Crippen LogP contribution in [-0.2, 0) is 6.54 Å². The average molecular weight is 390 g/mol. The summed E-state index contributed by atoms with van der Waals surface area (Å²) in [5.41, 5.74) is 4.33. The number of rotatable bonds is 4. The van der Waals surface area contributed by atoms with Gasteiger partial charge in [-0.1, -0.05) is 12.1 Å². The van der Waals surface area contributed by atoms with Gasteiger partial charge in [-0.3, -0.25) is 9.88 Å². The van der Waals surface area contributed by atoms with E-state index >= 15 is 0 Å². The molecule has 0 aromatic carbocycles. The maximum atomic E-state index is 4.83. The van der Waals surface area contributed by atoms with Crippen LogP contribution < -0.4 is 0 Å². The van der Waals surface area contributed by atoms with Gasteiger partial charge >= 0.3 is 0 Å². The molecule has 1 aliphatic rings. The minimum absolute atomic E-state index is 0.378. The SMILES string of the molecule is Cc1cccc(CN2CCC[C@H](c3nc4ccc(-c5cccs5)cn4n3)C2)n1. The summed E-state index contributed by atoms with van der Waals surface area (Å²) in [5, 5.41) is 6.93. The van der Waals surface area contributed by atoms with Crippen LogP contribution in [0.5, 0.6) is 0 Å². The predicted octanol–water partition coefficient (Wildman–Crippen LogP) is 4.54. The molecule has 0 N–H and O–H groups in total. The Morgan fingerprint density at radius 1 is 1.11 bits per heavy atom. The number of piperidine rings is 1. The third-order valence-corrected chi connectivity index (χ3v) is 6.27. The van der Waals surface area contributed by atoms with E-state index in [1.165, 1.54) is 16.9 Å². The molecule has 5 rings (SSSR count). The van der Waals surface area contributed by atoms with Gasteiger partial charge in [-0.2, -0.15) is 5.10 Å². The second-order valence-corrected chi connectivity index (χ2v) is 8.46. The van der Waals surface area contributed by atoms with Crippen molar-refractivity contribution in [1.29, 1.82) is 0 Å². The molecule has 1 atom stereocenters. The summed E-state index contributed by atoms with van der Waals surface area (Å²) < 4.78 is 1.94. The number of fused-ring (bicyclic) bond motifs is 1. The lowest BCUT2D eigenvalue weighted by atomic mass is 9.97. The van der Waals surface area contributed by atoms with Crippen molar-refractivity contribution >= 4 is 17.0 Å². The smallest absolute Gasteiger partial charge is 0.156 e. The number of nitrogens with zero attached hydrogens (tertiary/aromatic N) is 5. The van der Waals surface area contributed by atoms with Crippen molar-refractivity contribution in [3.63, 3.8) is 0 Å².